The van der Waals surface area contributed by atoms with Crippen LogP contribution in [0, 0.1) is 0 Å². The van der Waals surface area contributed by atoms with Gasteiger partial charge in [0, 0.05) is 21.3 Å². The second-order valence-corrected chi connectivity index (χ2v) is 15.8. The summed E-state index contributed by atoms with van der Waals surface area (Å²) in [4.78, 5) is 0. The summed E-state index contributed by atoms with van der Waals surface area (Å²) in [6, 6.07) is 7.33. The molecule has 0 amide bonds. The van der Waals surface area contributed by atoms with Crippen molar-refractivity contribution in [3.05, 3.63) is 34.9 Å². The SMILES string of the molecule is CCCCCCCCCCCCCc1cccc(CCCCCCCCCCCC)c1CCCCCCCC.CO[SiH](OC)OC. The highest BCUT2D eigenvalue weighted by molar-refractivity contribution is 6.36. The van der Waals surface area contributed by atoms with E-state index in [1.54, 1.807) is 38.0 Å². The van der Waals surface area contributed by atoms with Crippen LogP contribution in [-0.4, -0.2) is 30.9 Å². The van der Waals surface area contributed by atoms with Gasteiger partial charge in [0.1, 0.15) is 0 Å². The zero-order chi connectivity index (χ0) is 33.8. The average molecular weight is 663 g/mol. The molecule has 0 saturated heterocycles. The molecule has 1 rings (SSSR count). The fourth-order valence-corrected chi connectivity index (χ4v) is 7.21. The van der Waals surface area contributed by atoms with Crippen LogP contribution in [0.25, 0.3) is 0 Å². The Labute approximate surface area is 291 Å². The molecule has 0 atom stereocenters. The molecule has 46 heavy (non-hydrogen) atoms. The highest BCUT2D eigenvalue weighted by Crippen LogP contribution is 2.24. The van der Waals surface area contributed by atoms with Crippen molar-refractivity contribution in [3.8, 4) is 0 Å². The molecule has 3 nitrogen and oxygen atoms in total. The lowest BCUT2D eigenvalue weighted by Crippen LogP contribution is -2.21. The van der Waals surface area contributed by atoms with Crippen LogP contribution in [0.5, 0.6) is 0 Å². The predicted molar refractivity (Wildman–Crippen MR) is 207 cm³/mol. The van der Waals surface area contributed by atoms with Crippen molar-refractivity contribution < 1.29 is 13.3 Å². The fraction of sp³-hybridized carbons (Fsp3) is 0.857. The van der Waals surface area contributed by atoms with E-state index in [0.29, 0.717) is 0 Å². The summed E-state index contributed by atoms with van der Waals surface area (Å²) < 4.78 is 14.2. The zero-order valence-corrected chi connectivity index (χ0v) is 33.4. The summed E-state index contributed by atoms with van der Waals surface area (Å²) in [5.74, 6) is 0. The van der Waals surface area contributed by atoms with E-state index in [1.165, 1.54) is 193 Å². The lowest BCUT2D eigenvalue weighted by Gasteiger charge is -2.16. The minimum Gasteiger partial charge on any atom is -0.379 e. The summed E-state index contributed by atoms with van der Waals surface area (Å²) in [5, 5.41) is 0. The van der Waals surface area contributed by atoms with Crippen LogP contribution in [0.1, 0.15) is 211 Å². The normalized spacial score (nSPS) is 11.3. The summed E-state index contributed by atoms with van der Waals surface area (Å²) in [7, 11) is 3.05. The predicted octanol–water partition coefficient (Wildman–Crippen LogP) is 13.5. The van der Waals surface area contributed by atoms with Gasteiger partial charge in [-0.05, 0) is 55.2 Å². The Morgan fingerprint density at radius 2 is 0.630 bits per heavy atom. The molecule has 0 aliphatic heterocycles. The highest BCUT2D eigenvalue weighted by atomic mass is 28.3. The molecule has 1 aromatic rings. The van der Waals surface area contributed by atoms with Gasteiger partial charge in [0.15, 0.2) is 0 Å². The van der Waals surface area contributed by atoms with Gasteiger partial charge in [-0.15, -0.1) is 0 Å². The van der Waals surface area contributed by atoms with Gasteiger partial charge in [-0.2, -0.15) is 0 Å². The van der Waals surface area contributed by atoms with Gasteiger partial charge in [0.2, 0.25) is 0 Å². The first-order chi connectivity index (χ1) is 22.7. The first kappa shape index (κ1) is 45.3. The van der Waals surface area contributed by atoms with E-state index < -0.39 is 9.53 Å². The second-order valence-electron chi connectivity index (χ2n) is 13.8. The van der Waals surface area contributed by atoms with Gasteiger partial charge in [-0.25, -0.2) is 0 Å². The third-order valence-electron chi connectivity index (χ3n) is 9.58. The van der Waals surface area contributed by atoms with Crippen LogP contribution < -0.4 is 0 Å². The highest BCUT2D eigenvalue weighted by Gasteiger charge is 2.09. The largest absolute Gasteiger partial charge is 0.483 e. The van der Waals surface area contributed by atoms with Crippen molar-refractivity contribution in [1.29, 1.82) is 0 Å². The summed E-state index contributed by atoms with van der Waals surface area (Å²) >= 11 is 0. The number of benzene rings is 1. The first-order valence-corrected chi connectivity index (χ1v) is 21.8. The van der Waals surface area contributed by atoms with Gasteiger partial charge in [-0.3, -0.25) is 0 Å². The molecule has 0 N–H and O–H groups in total. The van der Waals surface area contributed by atoms with E-state index >= 15 is 0 Å². The molecule has 272 valence electrons. The summed E-state index contributed by atoms with van der Waals surface area (Å²) in [5.41, 5.74) is 5.16. The Morgan fingerprint density at radius 1 is 0.370 bits per heavy atom. The van der Waals surface area contributed by atoms with Crippen LogP contribution in [0.3, 0.4) is 0 Å². The Balaban J connectivity index is 0.00000258. The maximum absolute atomic E-state index is 4.74. The molecule has 1 aromatic carbocycles. The molecule has 4 heteroatoms. The van der Waals surface area contributed by atoms with E-state index in [4.69, 9.17) is 13.3 Å². The molecule has 0 bridgehead atoms. The first-order valence-electron chi connectivity index (χ1n) is 20.4. The van der Waals surface area contributed by atoms with Crippen LogP contribution in [0.15, 0.2) is 18.2 Å². The van der Waals surface area contributed by atoms with Crippen molar-refractivity contribution in [3.63, 3.8) is 0 Å². The van der Waals surface area contributed by atoms with Gasteiger partial charge in [0.05, 0.1) is 0 Å². The Bertz CT molecular complexity index is 715. The van der Waals surface area contributed by atoms with Crippen LogP contribution in [-0.2, 0) is 32.5 Å². The molecule has 0 heterocycles. The molecule has 0 saturated carbocycles. The van der Waals surface area contributed by atoms with E-state index in [1.807, 2.05) is 0 Å². The number of rotatable bonds is 33. The van der Waals surface area contributed by atoms with E-state index in [9.17, 15) is 0 Å². The molecule has 0 fully saturated rings. The standard InChI is InChI=1S/C39H72.C3H10O3Si/c1-4-7-10-13-16-18-20-22-24-26-29-33-38-35-31-34-37(39(38)36-30-27-15-12-9-6-3)32-28-25-23-21-19-17-14-11-8-5-2;1-4-7(5-2)6-3/h31,34-35H,4-30,32-33,36H2,1-3H3;7H,1-3H3. The monoisotopic (exact) mass is 663 g/mol. The lowest BCUT2D eigenvalue weighted by molar-refractivity contribution is 0.163. The molecule has 0 aliphatic carbocycles. The van der Waals surface area contributed by atoms with Crippen LogP contribution in [0.2, 0.25) is 0 Å². The Kier molecular flexibility index (Phi) is 36.6. The molecular weight excluding hydrogens is 581 g/mol. The van der Waals surface area contributed by atoms with E-state index in [2.05, 4.69) is 39.0 Å². The molecule has 0 radical (unpaired) electrons. The smallest absolute Gasteiger partial charge is 0.379 e. The fourth-order valence-electron chi connectivity index (χ4n) is 6.63. The van der Waals surface area contributed by atoms with Crippen molar-refractivity contribution >= 4 is 9.53 Å². The van der Waals surface area contributed by atoms with Gasteiger partial charge in [-0.1, -0.05) is 193 Å². The Hall–Kier alpha value is -0.683. The van der Waals surface area contributed by atoms with Crippen molar-refractivity contribution in [2.45, 2.75) is 213 Å². The van der Waals surface area contributed by atoms with Crippen molar-refractivity contribution in [2.75, 3.05) is 21.3 Å². The zero-order valence-electron chi connectivity index (χ0n) is 32.2. The van der Waals surface area contributed by atoms with Crippen molar-refractivity contribution in [1.82, 2.24) is 0 Å². The number of hydrogen-bond donors (Lipinski definition) is 0. The summed E-state index contributed by atoms with van der Waals surface area (Å²) in [6.45, 7) is 6.95. The topological polar surface area (TPSA) is 27.7 Å². The molecule has 0 aliphatic rings. The average Bonchev–Trinajstić information content (AvgIpc) is 3.07. The quantitative estimate of drug-likeness (QED) is 0.0554. The molecule has 0 spiro atoms. The van der Waals surface area contributed by atoms with Gasteiger partial charge < -0.3 is 13.3 Å². The summed E-state index contributed by atoms with van der Waals surface area (Å²) in [6.07, 6.45) is 42.6. The van der Waals surface area contributed by atoms with Crippen LogP contribution in [0.4, 0.5) is 0 Å². The van der Waals surface area contributed by atoms with E-state index in [0.717, 1.165) is 0 Å². The second kappa shape index (κ2) is 37.1. The molecule has 0 aromatic heterocycles. The lowest BCUT2D eigenvalue weighted by atomic mass is 9.90. The van der Waals surface area contributed by atoms with Crippen molar-refractivity contribution in [2.24, 2.45) is 0 Å². The third-order valence-corrected chi connectivity index (χ3v) is 10.7. The van der Waals surface area contributed by atoms with Gasteiger partial charge in [0.25, 0.3) is 0 Å². The maximum atomic E-state index is 4.74. The number of aryl methyl sites for hydroxylation is 2. The van der Waals surface area contributed by atoms with Crippen LogP contribution >= 0.6 is 0 Å². The minimum atomic E-state index is -1.67. The molecule has 0 unspecified atom stereocenters. The molecular formula is C42H82O3Si. The minimum absolute atomic E-state index is 1.31. The third kappa shape index (κ3) is 28.3. The Morgan fingerprint density at radius 3 is 0.891 bits per heavy atom. The maximum Gasteiger partial charge on any atom is 0.483 e. The van der Waals surface area contributed by atoms with E-state index in [-0.39, 0.29) is 0 Å². The number of unbranched alkanes of at least 4 members (excludes halogenated alkanes) is 24. The van der Waals surface area contributed by atoms with Gasteiger partial charge >= 0.3 is 9.53 Å². The number of hydrogen-bond acceptors (Lipinski definition) is 3.